The lowest BCUT2D eigenvalue weighted by Gasteiger charge is -2.18. The summed E-state index contributed by atoms with van der Waals surface area (Å²) in [5.41, 5.74) is 3.41. The van der Waals surface area contributed by atoms with E-state index >= 15 is 0 Å². The van der Waals surface area contributed by atoms with Crippen molar-refractivity contribution in [3.8, 4) is 11.3 Å². The summed E-state index contributed by atoms with van der Waals surface area (Å²) in [5, 5.41) is 6.95. The van der Waals surface area contributed by atoms with Gasteiger partial charge in [0.25, 0.3) is 5.91 Å². The fourth-order valence-electron chi connectivity index (χ4n) is 3.06. The molecule has 0 bridgehead atoms. The Kier molecular flexibility index (Phi) is 4.44. The van der Waals surface area contributed by atoms with Crippen LogP contribution < -0.4 is 5.69 Å². The van der Waals surface area contributed by atoms with Gasteiger partial charge in [0, 0.05) is 30.4 Å². The molecule has 0 radical (unpaired) electrons. The van der Waals surface area contributed by atoms with Crippen molar-refractivity contribution in [1.82, 2.24) is 30.0 Å². The molecule has 0 aliphatic heterocycles. The maximum absolute atomic E-state index is 13.2. The number of nitrogens with one attached hydrogen (secondary N) is 2. The molecule has 4 aromatic rings. The van der Waals surface area contributed by atoms with Crippen molar-refractivity contribution in [3.63, 3.8) is 0 Å². The molecule has 2 N–H and O–H groups in total. The lowest BCUT2D eigenvalue weighted by atomic mass is 10.0. The normalized spacial score (nSPS) is 10.9. The standard InChI is InChI=1S/C20H18N6O2/c1-12-5-6-16-14(8-12)15(9-17(22-16)13-4-3-7-21-10-13)19(27)26(2)11-18-23-20(28)25-24-18/h3-10H,11H2,1-2H3,(H2,23,24,25,28). The van der Waals surface area contributed by atoms with Gasteiger partial charge in [-0.15, -0.1) is 0 Å². The van der Waals surface area contributed by atoms with Crippen molar-refractivity contribution in [1.29, 1.82) is 0 Å². The molecular formula is C20H18N6O2. The summed E-state index contributed by atoms with van der Waals surface area (Å²) >= 11 is 0. The van der Waals surface area contributed by atoms with E-state index in [2.05, 4.69) is 20.2 Å². The van der Waals surface area contributed by atoms with Gasteiger partial charge >= 0.3 is 5.69 Å². The third-order valence-electron chi connectivity index (χ3n) is 4.44. The Balaban J connectivity index is 1.80. The number of hydrogen-bond donors (Lipinski definition) is 2. The van der Waals surface area contributed by atoms with E-state index in [1.54, 1.807) is 25.5 Å². The van der Waals surface area contributed by atoms with Crippen LogP contribution in [0.3, 0.4) is 0 Å². The number of aromatic amines is 2. The van der Waals surface area contributed by atoms with Crippen molar-refractivity contribution < 1.29 is 4.79 Å². The maximum Gasteiger partial charge on any atom is 0.340 e. The number of benzene rings is 1. The highest BCUT2D eigenvalue weighted by atomic mass is 16.2. The second kappa shape index (κ2) is 7.07. The molecule has 0 fully saturated rings. The van der Waals surface area contributed by atoms with Gasteiger partial charge in [-0.25, -0.2) is 14.9 Å². The van der Waals surface area contributed by atoms with E-state index in [1.165, 1.54) is 4.90 Å². The number of carbonyl (C=O) groups excluding carboxylic acids is 1. The highest BCUT2D eigenvalue weighted by Crippen LogP contribution is 2.26. The molecule has 28 heavy (non-hydrogen) atoms. The Morgan fingerprint density at radius 2 is 2.07 bits per heavy atom. The predicted molar refractivity (Wildman–Crippen MR) is 105 cm³/mol. The number of nitrogens with zero attached hydrogens (tertiary/aromatic N) is 4. The third-order valence-corrected chi connectivity index (χ3v) is 4.44. The van der Waals surface area contributed by atoms with Crippen LogP contribution in [0.15, 0.2) is 53.6 Å². The van der Waals surface area contributed by atoms with Crippen LogP contribution in [-0.4, -0.2) is 43.0 Å². The van der Waals surface area contributed by atoms with Gasteiger partial charge in [-0.2, -0.15) is 5.10 Å². The van der Waals surface area contributed by atoms with E-state index in [1.807, 2.05) is 37.3 Å². The first-order valence-electron chi connectivity index (χ1n) is 8.72. The number of amides is 1. The number of aromatic nitrogens is 5. The van der Waals surface area contributed by atoms with Gasteiger partial charge in [0.05, 0.1) is 23.3 Å². The van der Waals surface area contributed by atoms with E-state index in [0.717, 1.165) is 22.0 Å². The summed E-state index contributed by atoms with van der Waals surface area (Å²) in [6.07, 6.45) is 3.41. The Labute approximate surface area is 160 Å². The lowest BCUT2D eigenvalue weighted by Crippen LogP contribution is -2.27. The maximum atomic E-state index is 13.2. The number of fused-ring (bicyclic) bond motifs is 1. The zero-order valence-electron chi connectivity index (χ0n) is 15.4. The van der Waals surface area contributed by atoms with Gasteiger partial charge in [0.2, 0.25) is 0 Å². The fraction of sp³-hybridized carbons (Fsp3) is 0.150. The summed E-state index contributed by atoms with van der Waals surface area (Å²) in [5.74, 6) is 0.204. The van der Waals surface area contributed by atoms with Gasteiger partial charge in [0.1, 0.15) is 0 Å². The Morgan fingerprint density at radius 1 is 1.21 bits per heavy atom. The van der Waals surface area contributed by atoms with Crippen LogP contribution in [-0.2, 0) is 6.54 Å². The topological polar surface area (TPSA) is 108 Å². The average Bonchev–Trinajstić information content (AvgIpc) is 3.11. The first kappa shape index (κ1) is 17.6. The molecule has 0 aliphatic carbocycles. The molecule has 3 heterocycles. The van der Waals surface area contributed by atoms with Crippen molar-refractivity contribution in [3.05, 3.63) is 76.2 Å². The number of H-pyrrole nitrogens is 2. The molecule has 3 aromatic heterocycles. The molecule has 0 saturated heterocycles. The summed E-state index contributed by atoms with van der Waals surface area (Å²) < 4.78 is 0. The molecule has 4 rings (SSSR count). The summed E-state index contributed by atoms with van der Waals surface area (Å²) in [7, 11) is 1.67. The Morgan fingerprint density at radius 3 is 2.79 bits per heavy atom. The SMILES string of the molecule is Cc1ccc2nc(-c3cccnc3)cc(C(=O)N(C)Cc3n[nH]c(=O)[nH]3)c2c1. The monoisotopic (exact) mass is 374 g/mol. The summed E-state index contributed by atoms with van der Waals surface area (Å²) in [4.78, 5) is 37.4. The van der Waals surface area contributed by atoms with E-state index in [0.29, 0.717) is 17.1 Å². The fourth-order valence-corrected chi connectivity index (χ4v) is 3.06. The molecule has 8 heteroatoms. The number of hydrogen-bond acceptors (Lipinski definition) is 5. The molecule has 0 aliphatic rings. The van der Waals surface area contributed by atoms with E-state index < -0.39 is 5.69 Å². The molecule has 140 valence electrons. The van der Waals surface area contributed by atoms with Crippen molar-refractivity contribution >= 4 is 16.8 Å². The van der Waals surface area contributed by atoms with E-state index in [-0.39, 0.29) is 12.5 Å². The summed E-state index contributed by atoms with van der Waals surface area (Å²) in [6, 6.07) is 11.3. The minimum Gasteiger partial charge on any atom is -0.334 e. The zero-order valence-corrected chi connectivity index (χ0v) is 15.4. The van der Waals surface area contributed by atoms with Crippen LogP contribution in [0.1, 0.15) is 21.7 Å². The summed E-state index contributed by atoms with van der Waals surface area (Å²) in [6.45, 7) is 2.15. The highest BCUT2D eigenvalue weighted by molar-refractivity contribution is 6.07. The van der Waals surface area contributed by atoms with E-state index in [9.17, 15) is 9.59 Å². The van der Waals surface area contributed by atoms with Crippen LogP contribution in [0.2, 0.25) is 0 Å². The molecule has 1 aromatic carbocycles. The van der Waals surface area contributed by atoms with Gasteiger partial charge < -0.3 is 4.90 Å². The third kappa shape index (κ3) is 3.39. The van der Waals surface area contributed by atoms with E-state index in [4.69, 9.17) is 4.98 Å². The first-order valence-corrected chi connectivity index (χ1v) is 8.72. The number of aryl methyl sites for hydroxylation is 1. The molecule has 0 atom stereocenters. The molecule has 8 nitrogen and oxygen atoms in total. The molecular weight excluding hydrogens is 356 g/mol. The largest absolute Gasteiger partial charge is 0.340 e. The van der Waals surface area contributed by atoms with Gasteiger partial charge in [-0.3, -0.25) is 14.8 Å². The molecule has 0 unspecified atom stereocenters. The second-order valence-corrected chi connectivity index (χ2v) is 6.60. The highest BCUT2D eigenvalue weighted by Gasteiger charge is 2.19. The van der Waals surface area contributed by atoms with Crippen LogP contribution in [0.4, 0.5) is 0 Å². The van der Waals surface area contributed by atoms with Gasteiger partial charge in [-0.1, -0.05) is 11.6 Å². The lowest BCUT2D eigenvalue weighted by molar-refractivity contribution is 0.0783. The van der Waals surface area contributed by atoms with Crippen molar-refractivity contribution in [2.75, 3.05) is 7.05 Å². The average molecular weight is 374 g/mol. The smallest absolute Gasteiger partial charge is 0.334 e. The Hall–Kier alpha value is -3.81. The van der Waals surface area contributed by atoms with Gasteiger partial charge in [-0.05, 0) is 37.3 Å². The predicted octanol–water partition coefficient (Wildman–Crippen LogP) is 2.29. The minimum absolute atomic E-state index is 0.176. The molecule has 0 saturated carbocycles. The van der Waals surface area contributed by atoms with Crippen LogP contribution in [0.5, 0.6) is 0 Å². The van der Waals surface area contributed by atoms with Crippen LogP contribution in [0, 0.1) is 6.92 Å². The number of pyridine rings is 2. The van der Waals surface area contributed by atoms with Crippen molar-refractivity contribution in [2.45, 2.75) is 13.5 Å². The van der Waals surface area contributed by atoms with Crippen LogP contribution >= 0.6 is 0 Å². The quantitative estimate of drug-likeness (QED) is 0.570. The van der Waals surface area contributed by atoms with Crippen LogP contribution in [0.25, 0.3) is 22.2 Å². The molecule has 0 spiro atoms. The molecule has 1 amide bonds. The number of carbonyl (C=O) groups is 1. The van der Waals surface area contributed by atoms with Gasteiger partial charge in [0.15, 0.2) is 5.82 Å². The number of rotatable bonds is 4. The van der Waals surface area contributed by atoms with Crippen molar-refractivity contribution in [2.24, 2.45) is 0 Å². The minimum atomic E-state index is -0.403. The zero-order chi connectivity index (χ0) is 19.7. The Bertz CT molecular complexity index is 1210. The first-order chi connectivity index (χ1) is 13.5. The second-order valence-electron chi connectivity index (χ2n) is 6.60.